The van der Waals surface area contributed by atoms with Gasteiger partial charge in [0, 0.05) is 30.7 Å². The summed E-state index contributed by atoms with van der Waals surface area (Å²) >= 11 is 1.13. The molecule has 2 amide bonds. The molecule has 2 heterocycles. The molecule has 14 heteroatoms. The van der Waals surface area contributed by atoms with Gasteiger partial charge < -0.3 is 19.1 Å². The van der Waals surface area contributed by atoms with E-state index in [0.29, 0.717) is 10.4 Å². The molecule has 1 aromatic heterocycles. The Morgan fingerprint density at radius 1 is 1.08 bits per heavy atom. The van der Waals surface area contributed by atoms with Crippen LogP contribution in [0.25, 0.3) is 5.69 Å². The lowest BCUT2D eigenvalue weighted by atomic mass is 10.2. The van der Waals surface area contributed by atoms with Gasteiger partial charge >= 0.3 is 24.9 Å². The molecule has 0 spiro atoms. The number of amides is 2. The molecule has 0 N–H and O–H groups in total. The fraction of sp³-hybridized carbons (Fsp3) is 0.273. The van der Waals surface area contributed by atoms with Crippen LogP contribution in [0.15, 0.2) is 53.7 Å². The van der Waals surface area contributed by atoms with Gasteiger partial charge in [-0.05, 0) is 36.8 Å². The number of ether oxygens (including phenoxy) is 3. The van der Waals surface area contributed by atoms with Crippen LogP contribution >= 0.6 is 11.3 Å². The Labute approximate surface area is 203 Å². The fourth-order valence-electron chi connectivity index (χ4n) is 3.21. The highest BCUT2D eigenvalue weighted by atomic mass is 32.1. The Morgan fingerprint density at radius 3 is 2.36 bits per heavy atom. The standard InChI is InChI=1S/C22H17F6N3O4S/c1-12-10-31(14-5-8-16-17(9-14)35-22(27,28)21(25,26)34-16)20(36-12)29-19(32)30(2)11-13-3-6-15(7-4-13)33-18(23)24/h3-10,18H,11H2,1-2H3/b29-20-. The van der Waals surface area contributed by atoms with E-state index in [1.807, 2.05) is 0 Å². The smallest absolute Gasteiger partial charge is 0.435 e. The van der Waals surface area contributed by atoms with E-state index in [4.69, 9.17) is 0 Å². The van der Waals surface area contributed by atoms with E-state index in [0.717, 1.165) is 23.5 Å². The zero-order chi connectivity index (χ0) is 26.3. The molecule has 2 aromatic carbocycles. The topological polar surface area (TPSA) is 65.3 Å². The molecular formula is C22H17F6N3O4S. The maximum Gasteiger partial charge on any atom is 0.507 e. The molecule has 0 saturated heterocycles. The van der Waals surface area contributed by atoms with E-state index < -0.39 is 36.4 Å². The Balaban J connectivity index is 1.56. The monoisotopic (exact) mass is 533 g/mol. The third-order valence-electron chi connectivity index (χ3n) is 4.88. The van der Waals surface area contributed by atoms with Crippen molar-refractivity contribution >= 4 is 17.4 Å². The summed E-state index contributed by atoms with van der Waals surface area (Å²) in [4.78, 5) is 19.0. The van der Waals surface area contributed by atoms with E-state index in [1.54, 1.807) is 13.1 Å². The zero-order valence-corrected chi connectivity index (χ0v) is 19.4. The summed E-state index contributed by atoms with van der Waals surface area (Å²) in [6.07, 6.45) is -8.12. The molecule has 192 valence electrons. The van der Waals surface area contributed by atoms with Gasteiger partial charge in [-0.25, -0.2) is 4.79 Å². The maximum atomic E-state index is 13.6. The Hall–Kier alpha value is -3.68. The van der Waals surface area contributed by atoms with Crippen molar-refractivity contribution in [2.45, 2.75) is 32.3 Å². The summed E-state index contributed by atoms with van der Waals surface area (Å²) in [5.41, 5.74) is 0.842. The molecule has 0 bridgehead atoms. The average molecular weight is 533 g/mol. The lowest BCUT2D eigenvalue weighted by molar-refractivity contribution is -0.391. The van der Waals surface area contributed by atoms with Crippen molar-refractivity contribution in [1.82, 2.24) is 9.47 Å². The summed E-state index contributed by atoms with van der Waals surface area (Å²) < 4.78 is 92.5. The van der Waals surface area contributed by atoms with Crippen LogP contribution < -0.4 is 19.0 Å². The Bertz CT molecular complexity index is 1340. The third-order valence-corrected chi connectivity index (χ3v) is 5.77. The highest BCUT2D eigenvalue weighted by molar-refractivity contribution is 7.09. The number of nitrogens with zero attached hydrogens (tertiary/aromatic N) is 3. The Kier molecular flexibility index (Phi) is 6.64. The number of hydrogen-bond donors (Lipinski definition) is 0. The number of carbonyl (C=O) groups is 1. The lowest BCUT2D eigenvalue weighted by Gasteiger charge is -2.31. The molecule has 0 unspecified atom stereocenters. The van der Waals surface area contributed by atoms with E-state index in [1.165, 1.54) is 46.8 Å². The molecule has 3 aromatic rings. The highest BCUT2D eigenvalue weighted by Crippen LogP contribution is 2.47. The van der Waals surface area contributed by atoms with Gasteiger partial charge in [0.05, 0.1) is 5.69 Å². The zero-order valence-electron chi connectivity index (χ0n) is 18.6. The number of urea groups is 1. The first-order chi connectivity index (χ1) is 16.8. The summed E-state index contributed by atoms with van der Waals surface area (Å²) in [5.74, 6) is -1.20. The molecule has 0 fully saturated rings. The fourth-order valence-corrected chi connectivity index (χ4v) is 4.04. The second-order valence-corrected chi connectivity index (χ2v) is 8.85. The van der Waals surface area contributed by atoms with E-state index >= 15 is 0 Å². The van der Waals surface area contributed by atoms with Gasteiger partial charge in [0.2, 0.25) is 0 Å². The molecule has 1 aliphatic heterocycles. The van der Waals surface area contributed by atoms with E-state index in [2.05, 4.69) is 19.2 Å². The first-order valence-electron chi connectivity index (χ1n) is 10.2. The molecular weight excluding hydrogens is 516 g/mol. The van der Waals surface area contributed by atoms with Gasteiger partial charge in [0.15, 0.2) is 16.3 Å². The first kappa shape index (κ1) is 25.4. The molecule has 0 saturated carbocycles. The average Bonchev–Trinajstić information content (AvgIpc) is 3.14. The quantitative estimate of drug-likeness (QED) is 0.403. The van der Waals surface area contributed by atoms with Crippen LogP contribution in [-0.4, -0.2) is 41.4 Å². The second kappa shape index (κ2) is 9.41. The van der Waals surface area contributed by atoms with Crippen LogP contribution in [0.5, 0.6) is 17.2 Å². The van der Waals surface area contributed by atoms with E-state index in [-0.39, 0.29) is 22.8 Å². The van der Waals surface area contributed by atoms with Crippen LogP contribution in [0.4, 0.5) is 31.1 Å². The third kappa shape index (κ3) is 5.27. The predicted molar refractivity (Wildman–Crippen MR) is 115 cm³/mol. The number of aryl methyl sites for hydroxylation is 1. The number of carbonyl (C=O) groups excluding carboxylic acids is 1. The normalized spacial score (nSPS) is 16.2. The number of aromatic nitrogens is 1. The number of halogens is 6. The number of hydrogen-bond acceptors (Lipinski definition) is 5. The minimum absolute atomic E-state index is 0.0246. The van der Waals surface area contributed by atoms with Crippen molar-refractivity contribution in [2.24, 2.45) is 4.99 Å². The summed E-state index contributed by atoms with van der Waals surface area (Å²) in [6, 6.07) is 8.51. The van der Waals surface area contributed by atoms with Crippen LogP contribution in [0.2, 0.25) is 0 Å². The van der Waals surface area contributed by atoms with Gasteiger partial charge in [0.25, 0.3) is 0 Å². The predicted octanol–water partition coefficient (Wildman–Crippen LogP) is 5.56. The Morgan fingerprint density at radius 2 is 1.72 bits per heavy atom. The maximum absolute atomic E-state index is 13.6. The number of thiazole rings is 1. The molecule has 0 aliphatic carbocycles. The SMILES string of the molecule is Cc1cn(-c2ccc3c(c2)OC(F)(F)C(F)(F)O3)/c(=N/C(=O)N(C)Cc2ccc(OC(F)F)cc2)s1. The van der Waals surface area contributed by atoms with Crippen molar-refractivity contribution in [1.29, 1.82) is 0 Å². The number of rotatable bonds is 5. The minimum atomic E-state index is -4.87. The lowest BCUT2D eigenvalue weighted by Crippen LogP contribution is -2.52. The van der Waals surface area contributed by atoms with Gasteiger partial charge in [-0.2, -0.15) is 31.3 Å². The summed E-state index contributed by atoms with van der Waals surface area (Å²) in [5, 5.41) is 0. The first-order valence-corrected chi connectivity index (χ1v) is 11.0. The van der Waals surface area contributed by atoms with Gasteiger partial charge in [-0.3, -0.25) is 4.57 Å². The number of alkyl halides is 6. The van der Waals surface area contributed by atoms with Crippen LogP contribution in [0, 0.1) is 6.92 Å². The van der Waals surface area contributed by atoms with E-state index in [9.17, 15) is 31.1 Å². The van der Waals surface area contributed by atoms with Crippen molar-refractivity contribution in [3.8, 4) is 22.9 Å². The minimum Gasteiger partial charge on any atom is -0.435 e. The number of benzene rings is 2. The molecule has 0 radical (unpaired) electrons. The van der Waals surface area contributed by atoms with Gasteiger partial charge in [-0.1, -0.05) is 12.1 Å². The van der Waals surface area contributed by atoms with Crippen LogP contribution in [0.3, 0.4) is 0 Å². The largest absolute Gasteiger partial charge is 0.507 e. The van der Waals surface area contributed by atoms with Gasteiger partial charge in [-0.15, -0.1) is 11.3 Å². The van der Waals surface area contributed by atoms with Crippen LogP contribution in [0.1, 0.15) is 10.4 Å². The molecule has 1 aliphatic rings. The van der Waals surface area contributed by atoms with Gasteiger partial charge in [0.1, 0.15) is 5.75 Å². The van der Waals surface area contributed by atoms with Crippen LogP contribution in [-0.2, 0) is 6.54 Å². The van der Waals surface area contributed by atoms with Crippen molar-refractivity contribution in [3.63, 3.8) is 0 Å². The van der Waals surface area contributed by atoms with Crippen molar-refractivity contribution in [2.75, 3.05) is 7.05 Å². The second-order valence-electron chi connectivity index (χ2n) is 7.64. The summed E-state index contributed by atoms with van der Waals surface area (Å²) in [6.45, 7) is -1.12. The molecule has 0 atom stereocenters. The molecule has 7 nitrogen and oxygen atoms in total. The number of fused-ring (bicyclic) bond motifs is 1. The van der Waals surface area contributed by atoms with Crippen molar-refractivity contribution < 1.29 is 45.3 Å². The van der Waals surface area contributed by atoms with Crippen molar-refractivity contribution in [3.05, 3.63) is 63.9 Å². The highest BCUT2D eigenvalue weighted by Gasteiger charge is 2.65. The molecule has 4 rings (SSSR count). The summed E-state index contributed by atoms with van der Waals surface area (Å²) in [7, 11) is 1.48. The molecule has 36 heavy (non-hydrogen) atoms.